The van der Waals surface area contributed by atoms with Gasteiger partial charge in [0.15, 0.2) is 0 Å². The van der Waals surface area contributed by atoms with E-state index in [0.29, 0.717) is 15.6 Å². The predicted octanol–water partition coefficient (Wildman–Crippen LogP) is 5.53. The van der Waals surface area contributed by atoms with Crippen molar-refractivity contribution in [3.05, 3.63) is 88.4 Å². The zero-order valence-electron chi connectivity index (χ0n) is 22.8. The zero-order chi connectivity index (χ0) is 29.4. The van der Waals surface area contributed by atoms with Gasteiger partial charge in [0.05, 0.1) is 17.7 Å². The Kier molecular flexibility index (Phi) is 10.8. The predicted molar refractivity (Wildman–Crippen MR) is 158 cm³/mol. The van der Waals surface area contributed by atoms with E-state index in [4.69, 9.17) is 27.9 Å². The van der Waals surface area contributed by atoms with Gasteiger partial charge >= 0.3 is 0 Å². The largest absolute Gasteiger partial charge is 0.495 e. The molecule has 0 bridgehead atoms. The van der Waals surface area contributed by atoms with Crippen LogP contribution in [0.25, 0.3) is 0 Å². The smallest absolute Gasteiger partial charge is 0.264 e. The highest BCUT2D eigenvalue weighted by Crippen LogP contribution is 2.33. The van der Waals surface area contributed by atoms with Crippen molar-refractivity contribution >= 4 is 50.7 Å². The average molecular weight is 607 g/mol. The van der Waals surface area contributed by atoms with Gasteiger partial charge in [-0.05, 0) is 56.7 Å². The molecule has 0 saturated carbocycles. The van der Waals surface area contributed by atoms with Crippen LogP contribution in [0.2, 0.25) is 10.0 Å². The molecule has 0 saturated heterocycles. The minimum absolute atomic E-state index is 0.000929. The number of benzene rings is 3. The Morgan fingerprint density at radius 1 is 0.925 bits per heavy atom. The van der Waals surface area contributed by atoms with Gasteiger partial charge in [0.25, 0.3) is 10.0 Å². The second-order valence-corrected chi connectivity index (χ2v) is 12.0. The second kappa shape index (κ2) is 13.9. The van der Waals surface area contributed by atoms with Gasteiger partial charge in [0, 0.05) is 28.2 Å². The number of amides is 2. The molecule has 0 aliphatic carbocycles. The summed E-state index contributed by atoms with van der Waals surface area (Å²) >= 11 is 12.9. The first kappa shape index (κ1) is 31.3. The maximum atomic E-state index is 14.1. The highest BCUT2D eigenvalue weighted by molar-refractivity contribution is 7.92. The van der Waals surface area contributed by atoms with Crippen molar-refractivity contribution in [2.75, 3.05) is 18.0 Å². The molecule has 0 fully saturated rings. The van der Waals surface area contributed by atoms with E-state index in [0.717, 1.165) is 4.31 Å². The van der Waals surface area contributed by atoms with Crippen LogP contribution in [-0.2, 0) is 26.2 Å². The Bertz CT molecular complexity index is 1410. The SMILES string of the molecule is CC[C@H](C(=O)NC(C)C)N(Cc1c(Cl)cccc1Cl)C(=O)CN(c1ccccc1OC)S(=O)(=O)c1ccccc1. The second-order valence-electron chi connectivity index (χ2n) is 9.31. The summed E-state index contributed by atoms with van der Waals surface area (Å²) in [5, 5.41) is 3.50. The Morgan fingerprint density at radius 3 is 2.10 bits per heavy atom. The van der Waals surface area contributed by atoms with E-state index in [2.05, 4.69) is 5.32 Å². The topological polar surface area (TPSA) is 96.0 Å². The lowest BCUT2D eigenvalue weighted by atomic mass is 10.1. The molecule has 3 aromatic carbocycles. The summed E-state index contributed by atoms with van der Waals surface area (Å²) in [5.74, 6) is -0.726. The van der Waals surface area contributed by atoms with E-state index >= 15 is 0 Å². The number of nitrogens with one attached hydrogen (secondary N) is 1. The van der Waals surface area contributed by atoms with Gasteiger partial charge in [-0.2, -0.15) is 0 Å². The minimum Gasteiger partial charge on any atom is -0.495 e. The quantitative estimate of drug-likeness (QED) is 0.293. The molecule has 1 N–H and O–H groups in total. The van der Waals surface area contributed by atoms with Crippen LogP contribution in [0, 0.1) is 0 Å². The van der Waals surface area contributed by atoms with Crippen molar-refractivity contribution < 1.29 is 22.7 Å². The molecule has 214 valence electrons. The van der Waals surface area contributed by atoms with E-state index in [1.54, 1.807) is 67.6 Å². The first-order valence-electron chi connectivity index (χ1n) is 12.7. The van der Waals surface area contributed by atoms with E-state index in [1.165, 1.54) is 24.1 Å². The first-order valence-corrected chi connectivity index (χ1v) is 14.9. The van der Waals surface area contributed by atoms with Gasteiger partial charge in [-0.25, -0.2) is 8.42 Å². The summed E-state index contributed by atoms with van der Waals surface area (Å²) in [6.07, 6.45) is 0.270. The number of carbonyl (C=O) groups excluding carboxylic acids is 2. The number of hydrogen-bond donors (Lipinski definition) is 1. The monoisotopic (exact) mass is 605 g/mol. The van der Waals surface area contributed by atoms with Gasteiger partial charge in [-0.1, -0.05) is 66.5 Å². The van der Waals surface area contributed by atoms with Crippen LogP contribution in [0.3, 0.4) is 0 Å². The number of sulfonamides is 1. The number of hydrogen-bond acceptors (Lipinski definition) is 5. The van der Waals surface area contributed by atoms with E-state index in [-0.39, 0.29) is 41.2 Å². The molecule has 0 heterocycles. The number of carbonyl (C=O) groups is 2. The fourth-order valence-corrected chi connectivity index (χ4v) is 6.19. The Labute approximate surface area is 245 Å². The Hall–Kier alpha value is -3.27. The summed E-state index contributed by atoms with van der Waals surface area (Å²) < 4.78 is 34.3. The van der Waals surface area contributed by atoms with Crippen LogP contribution in [0.4, 0.5) is 5.69 Å². The van der Waals surface area contributed by atoms with Crippen molar-refractivity contribution in [1.29, 1.82) is 0 Å². The van der Waals surface area contributed by atoms with E-state index in [1.807, 2.05) is 13.8 Å². The molecule has 0 aromatic heterocycles. The van der Waals surface area contributed by atoms with Crippen LogP contribution in [0.5, 0.6) is 5.75 Å². The van der Waals surface area contributed by atoms with Crippen molar-refractivity contribution in [3.63, 3.8) is 0 Å². The molecule has 3 rings (SSSR count). The Morgan fingerprint density at radius 2 is 1.52 bits per heavy atom. The highest BCUT2D eigenvalue weighted by Gasteiger charge is 2.35. The van der Waals surface area contributed by atoms with Crippen molar-refractivity contribution in [1.82, 2.24) is 10.2 Å². The van der Waals surface area contributed by atoms with Crippen molar-refractivity contribution in [2.24, 2.45) is 0 Å². The fourth-order valence-electron chi connectivity index (χ4n) is 4.22. The maximum absolute atomic E-state index is 14.1. The molecule has 0 radical (unpaired) electrons. The highest BCUT2D eigenvalue weighted by atomic mass is 35.5. The van der Waals surface area contributed by atoms with Gasteiger partial charge in [-0.3, -0.25) is 13.9 Å². The third-order valence-corrected chi connectivity index (χ3v) is 8.65. The molecule has 1 atom stereocenters. The number of anilines is 1. The van der Waals surface area contributed by atoms with E-state index in [9.17, 15) is 18.0 Å². The summed E-state index contributed by atoms with van der Waals surface area (Å²) in [6.45, 7) is 4.70. The van der Waals surface area contributed by atoms with Crippen molar-refractivity contribution in [3.8, 4) is 5.75 Å². The molecule has 11 heteroatoms. The molecular weight excluding hydrogens is 573 g/mol. The fraction of sp³-hybridized carbons (Fsp3) is 0.310. The van der Waals surface area contributed by atoms with Crippen molar-refractivity contribution in [2.45, 2.75) is 50.7 Å². The van der Waals surface area contributed by atoms with Gasteiger partial charge in [0.1, 0.15) is 18.3 Å². The van der Waals surface area contributed by atoms with Crippen LogP contribution in [0.1, 0.15) is 32.8 Å². The lowest BCUT2D eigenvalue weighted by Crippen LogP contribution is -2.53. The third-order valence-electron chi connectivity index (χ3n) is 6.17. The lowest BCUT2D eigenvalue weighted by molar-refractivity contribution is -0.140. The molecule has 8 nitrogen and oxygen atoms in total. The summed E-state index contributed by atoms with van der Waals surface area (Å²) in [5.41, 5.74) is 0.627. The average Bonchev–Trinajstić information content (AvgIpc) is 2.93. The van der Waals surface area contributed by atoms with Crippen LogP contribution < -0.4 is 14.4 Å². The normalized spacial score (nSPS) is 12.1. The number of halogens is 2. The number of ether oxygens (including phenoxy) is 1. The molecule has 2 amide bonds. The van der Waals surface area contributed by atoms with Crippen LogP contribution >= 0.6 is 23.2 Å². The molecule has 0 aliphatic rings. The first-order chi connectivity index (χ1) is 19.0. The summed E-state index contributed by atoms with van der Waals surface area (Å²) in [7, 11) is -2.80. The molecule has 0 aliphatic heterocycles. The zero-order valence-corrected chi connectivity index (χ0v) is 25.1. The van der Waals surface area contributed by atoms with Crippen LogP contribution in [0.15, 0.2) is 77.7 Å². The minimum atomic E-state index is -4.22. The molecule has 0 spiro atoms. The summed E-state index contributed by atoms with van der Waals surface area (Å²) in [6, 6.07) is 18.2. The van der Waals surface area contributed by atoms with Gasteiger partial charge in [0.2, 0.25) is 11.8 Å². The number of methoxy groups -OCH3 is 1. The van der Waals surface area contributed by atoms with Gasteiger partial charge in [-0.15, -0.1) is 0 Å². The van der Waals surface area contributed by atoms with Gasteiger partial charge < -0.3 is 15.0 Å². The molecule has 3 aromatic rings. The molecular formula is C29H33Cl2N3O5S. The number of nitrogens with zero attached hydrogens (tertiary/aromatic N) is 2. The lowest BCUT2D eigenvalue weighted by Gasteiger charge is -2.34. The van der Waals surface area contributed by atoms with Crippen LogP contribution in [-0.4, -0.2) is 50.9 Å². The maximum Gasteiger partial charge on any atom is 0.264 e. The third kappa shape index (κ3) is 7.27. The Balaban J connectivity index is 2.13. The van der Waals surface area contributed by atoms with E-state index < -0.39 is 28.5 Å². The molecule has 0 unspecified atom stereocenters. The standard InChI is InChI=1S/C29H33Cl2N3O5S/c1-5-25(29(36)32-20(2)3)33(18-22-23(30)14-11-15-24(22)31)28(35)19-34(26-16-9-10-17-27(26)39-4)40(37,38)21-12-7-6-8-13-21/h6-17,20,25H,5,18-19H2,1-4H3,(H,32,36)/t25-/m1/s1. The molecule has 40 heavy (non-hydrogen) atoms. The summed E-state index contributed by atoms with van der Waals surface area (Å²) in [4.78, 5) is 28.7. The number of rotatable bonds is 12. The number of para-hydroxylation sites is 2.